The van der Waals surface area contributed by atoms with Crippen LogP contribution in [0.25, 0.3) is 0 Å². The molecule has 0 unspecified atom stereocenters. The van der Waals surface area contributed by atoms with Crippen molar-refractivity contribution in [1.82, 2.24) is 14.9 Å². The first-order valence-corrected chi connectivity index (χ1v) is 11.4. The summed E-state index contributed by atoms with van der Waals surface area (Å²) in [6.45, 7) is 10.4. The molecular formula is C25H34N6O2. The lowest BCUT2D eigenvalue weighted by atomic mass is 10.1. The molecule has 3 rings (SSSR count). The van der Waals surface area contributed by atoms with Crippen LogP contribution in [-0.2, 0) is 0 Å². The number of hydrogen-bond donors (Lipinski definition) is 1. The quantitative estimate of drug-likeness (QED) is 0.599. The van der Waals surface area contributed by atoms with Crippen LogP contribution in [0.5, 0.6) is 6.01 Å². The number of aromatic nitrogens is 2. The Kier molecular flexibility index (Phi) is 7.88. The van der Waals surface area contributed by atoms with Crippen molar-refractivity contribution in [2.24, 2.45) is 5.92 Å². The summed E-state index contributed by atoms with van der Waals surface area (Å²) in [6, 6.07) is 8.00. The van der Waals surface area contributed by atoms with E-state index in [-0.39, 0.29) is 17.9 Å². The van der Waals surface area contributed by atoms with Crippen LogP contribution in [0, 0.1) is 24.2 Å². The van der Waals surface area contributed by atoms with Gasteiger partial charge in [-0.3, -0.25) is 4.79 Å². The van der Waals surface area contributed by atoms with Gasteiger partial charge >= 0.3 is 6.01 Å². The minimum Gasteiger partial charge on any atom is -0.460 e. The molecule has 0 amide bonds. The van der Waals surface area contributed by atoms with Gasteiger partial charge in [0.1, 0.15) is 17.7 Å². The van der Waals surface area contributed by atoms with Gasteiger partial charge in [-0.2, -0.15) is 15.2 Å². The molecule has 1 saturated heterocycles. The molecule has 8 heteroatoms. The number of hydrogen-bond acceptors (Lipinski definition) is 8. The summed E-state index contributed by atoms with van der Waals surface area (Å²) in [4.78, 5) is 25.4. The van der Waals surface area contributed by atoms with Gasteiger partial charge in [0.05, 0.1) is 0 Å². The molecule has 1 aliphatic heterocycles. The Balaban J connectivity index is 2.02. The lowest BCUT2D eigenvalue weighted by molar-refractivity contribution is 0.101. The lowest BCUT2D eigenvalue weighted by Crippen LogP contribution is -2.36. The predicted octanol–water partition coefficient (Wildman–Crippen LogP) is 4.17. The van der Waals surface area contributed by atoms with Crippen LogP contribution >= 0.6 is 0 Å². The number of ether oxygens (including phenoxy) is 1. The van der Waals surface area contributed by atoms with Crippen molar-refractivity contribution >= 4 is 23.1 Å². The summed E-state index contributed by atoms with van der Waals surface area (Å²) in [5.74, 6) is 1.28. The number of nitrogens with zero attached hydrogens (tertiary/aromatic N) is 5. The minimum absolute atomic E-state index is 0.0233. The van der Waals surface area contributed by atoms with Gasteiger partial charge in [0.25, 0.3) is 0 Å². The molecule has 1 fully saturated rings. The van der Waals surface area contributed by atoms with Crippen molar-refractivity contribution in [3.05, 3.63) is 34.9 Å². The van der Waals surface area contributed by atoms with Crippen LogP contribution in [0.15, 0.2) is 18.2 Å². The fraction of sp³-hybridized carbons (Fsp3) is 0.520. The normalized spacial score (nSPS) is 14.7. The number of likely N-dealkylation sites (tertiary alicyclic amines) is 1. The van der Waals surface area contributed by atoms with Crippen molar-refractivity contribution in [2.75, 3.05) is 43.9 Å². The fourth-order valence-corrected chi connectivity index (χ4v) is 3.94. The zero-order valence-corrected chi connectivity index (χ0v) is 20.5. The maximum Gasteiger partial charge on any atom is 0.320 e. The van der Waals surface area contributed by atoms with E-state index in [1.807, 2.05) is 24.9 Å². The highest BCUT2D eigenvalue weighted by Gasteiger charge is 2.23. The molecule has 2 heterocycles. The van der Waals surface area contributed by atoms with E-state index in [0.717, 1.165) is 43.7 Å². The number of carbonyl (C=O) groups excluding carboxylic acids is 1. The number of benzene rings is 1. The second-order valence-corrected chi connectivity index (χ2v) is 9.27. The van der Waals surface area contributed by atoms with Gasteiger partial charge in [-0.25, -0.2) is 0 Å². The number of rotatable bonds is 8. The molecule has 0 aliphatic carbocycles. The number of nitrogens with one attached hydrogen (secondary N) is 1. The molecule has 0 spiro atoms. The fourth-order valence-electron chi connectivity index (χ4n) is 3.94. The maximum absolute atomic E-state index is 11.9. The Morgan fingerprint density at radius 1 is 1.33 bits per heavy atom. The molecule has 0 radical (unpaired) electrons. The first kappa shape index (κ1) is 24.5. The van der Waals surface area contributed by atoms with E-state index in [4.69, 9.17) is 4.74 Å². The van der Waals surface area contributed by atoms with E-state index in [1.54, 1.807) is 12.1 Å². The Morgan fingerprint density at radius 2 is 2.03 bits per heavy atom. The molecule has 1 aromatic heterocycles. The monoisotopic (exact) mass is 450 g/mol. The summed E-state index contributed by atoms with van der Waals surface area (Å²) < 4.78 is 6.19. The zero-order chi connectivity index (χ0) is 24.1. The van der Waals surface area contributed by atoms with E-state index < -0.39 is 0 Å². The van der Waals surface area contributed by atoms with E-state index >= 15 is 0 Å². The highest BCUT2D eigenvalue weighted by molar-refractivity contribution is 5.95. The van der Waals surface area contributed by atoms with Crippen LogP contribution in [0.2, 0.25) is 0 Å². The second kappa shape index (κ2) is 10.6. The zero-order valence-electron chi connectivity index (χ0n) is 20.5. The van der Waals surface area contributed by atoms with Crippen molar-refractivity contribution in [3.63, 3.8) is 0 Å². The Morgan fingerprint density at radius 3 is 2.64 bits per heavy atom. The molecule has 0 atom stereocenters. The van der Waals surface area contributed by atoms with Gasteiger partial charge in [-0.05, 0) is 51.3 Å². The summed E-state index contributed by atoms with van der Waals surface area (Å²) in [5, 5.41) is 13.3. The lowest BCUT2D eigenvalue weighted by Gasteiger charge is -2.29. The number of carbonyl (C=O) groups is 1. The number of ketones is 1. The molecule has 1 N–H and O–H groups in total. The molecule has 0 bridgehead atoms. The maximum atomic E-state index is 11.9. The van der Waals surface area contributed by atoms with Gasteiger partial charge in [0, 0.05) is 37.9 Å². The largest absolute Gasteiger partial charge is 0.460 e. The van der Waals surface area contributed by atoms with E-state index in [2.05, 4.69) is 47.1 Å². The van der Waals surface area contributed by atoms with Crippen molar-refractivity contribution in [2.45, 2.75) is 46.6 Å². The SMILES string of the molecule is CC(=O)c1ccc(C)c(Nc2nc(OC3CCN(C)CC3)nc(N(C)CC(C)C)c2C#N)c1. The summed E-state index contributed by atoms with van der Waals surface area (Å²) in [7, 11) is 4.03. The van der Waals surface area contributed by atoms with Crippen molar-refractivity contribution in [1.29, 1.82) is 5.26 Å². The first-order valence-electron chi connectivity index (χ1n) is 11.4. The van der Waals surface area contributed by atoms with Gasteiger partial charge in [-0.15, -0.1) is 0 Å². The van der Waals surface area contributed by atoms with Crippen LogP contribution in [0.3, 0.4) is 0 Å². The average Bonchev–Trinajstić information content (AvgIpc) is 2.76. The second-order valence-electron chi connectivity index (χ2n) is 9.27. The Bertz CT molecular complexity index is 1040. The molecule has 176 valence electrons. The van der Waals surface area contributed by atoms with Crippen LogP contribution in [-0.4, -0.2) is 60.5 Å². The summed E-state index contributed by atoms with van der Waals surface area (Å²) in [6.07, 6.45) is 1.84. The van der Waals surface area contributed by atoms with Gasteiger partial charge < -0.3 is 19.9 Å². The van der Waals surface area contributed by atoms with Crippen molar-refractivity contribution in [3.8, 4) is 12.1 Å². The number of piperidine rings is 1. The molecule has 8 nitrogen and oxygen atoms in total. The van der Waals surface area contributed by atoms with Crippen LogP contribution in [0.1, 0.15) is 55.1 Å². The van der Waals surface area contributed by atoms with E-state index in [0.29, 0.717) is 28.7 Å². The molecule has 1 aliphatic rings. The Labute approximate surface area is 196 Å². The smallest absolute Gasteiger partial charge is 0.320 e. The summed E-state index contributed by atoms with van der Waals surface area (Å²) in [5.41, 5.74) is 2.61. The molecular weight excluding hydrogens is 416 g/mol. The molecule has 1 aromatic carbocycles. The van der Waals surface area contributed by atoms with Crippen molar-refractivity contribution < 1.29 is 9.53 Å². The van der Waals surface area contributed by atoms with Crippen LogP contribution in [0.4, 0.5) is 17.3 Å². The van der Waals surface area contributed by atoms with Gasteiger partial charge in [0.2, 0.25) is 0 Å². The van der Waals surface area contributed by atoms with Crippen LogP contribution < -0.4 is 15.0 Å². The third-order valence-corrected chi connectivity index (χ3v) is 5.82. The molecule has 0 saturated carbocycles. The van der Waals surface area contributed by atoms with Gasteiger partial charge in [-0.1, -0.05) is 26.0 Å². The Hall–Kier alpha value is -3.18. The molecule has 2 aromatic rings. The van der Waals surface area contributed by atoms with E-state index in [1.165, 1.54) is 6.92 Å². The molecule has 33 heavy (non-hydrogen) atoms. The topological polar surface area (TPSA) is 94.4 Å². The number of aryl methyl sites for hydroxylation is 1. The number of anilines is 3. The number of Topliss-reactive ketones (excluding diaryl/α,β-unsaturated/α-hetero) is 1. The first-order chi connectivity index (χ1) is 15.7. The number of nitriles is 1. The third-order valence-electron chi connectivity index (χ3n) is 5.82. The summed E-state index contributed by atoms with van der Waals surface area (Å²) >= 11 is 0. The standard InChI is InChI=1S/C25H34N6O2/c1-16(2)15-31(6)24-21(14-26)23(27-22-13-19(18(4)32)8-7-17(22)3)28-25(29-24)33-20-9-11-30(5)12-10-20/h7-8,13,16,20H,9-12,15H2,1-6H3,(H,27,28,29). The highest BCUT2D eigenvalue weighted by Crippen LogP contribution is 2.31. The van der Waals surface area contributed by atoms with E-state index in [9.17, 15) is 10.1 Å². The average molecular weight is 451 g/mol. The third kappa shape index (κ3) is 6.20. The highest BCUT2D eigenvalue weighted by atomic mass is 16.5. The minimum atomic E-state index is -0.0233. The predicted molar refractivity (Wildman–Crippen MR) is 130 cm³/mol. The van der Waals surface area contributed by atoms with Gasteiger partial charge in [0.15, 0.2) is 17.4 Å².